The highest BCUT2D eigenvalue weighted by atomic mass is 16.2. The molecule has 1 aliphatic carbocycles. The molecular weight excluding hydrogens is 348 g/mol. The molecule has 1 aromatic heterocycles. The van der Waals surface area contributed by atoms with Crippen molar-refractivity contribution >= 4 is 5.91 Å². The molecule has 1 saturated heterocycles. The van der Waals surface area contributed by atoms with Crippen LogP contribution in [0.25, 0.3) is 0 Å². The van der Waals surface area contributed by atoms with E-state index >= 15 is 0 Å². The van der Waals surface area contributed by atoms with Crippen molar-refractivity contribution in [1.29, 1.82) is 0 Å². The van der Waals surface area contributed by atoms with Crippen LogP contribution < -0.4 is 5.32 Å². The van der Waals surface area contributed by atoms with Gasteiger partial charge in [-0.1, -0.05) is 49.6 Å². The molecule has 1 aliphatic heterocycles. The average Bonchev–Trinajstić information content (AvgIpc) is 3.41. The second-order valence-corrected chi connectivity index (χ2v) is 8.30. The third kappa shape index (κ3) is 4.82. The van der Waals surface area contributed by atoms with Crippen molar-refractivity contribution in [2.75, 3.05) is 13.1 Å². The number of likely N-dealkylation sites (tertiary alicyclic amines) is 1. The first-order valence-corrected chi connectivity index (χ1v) is 10.9. The fourth-order valence-corrected chi connectivity index (χ4v) is 4.69. The number of aromatic nitrogens is 2. The second kappa shape index (κ2) is 9.37. The van der Waals surface area contributed by atoms with Gasteiger partial charge in [0.25, 0.3) is 5.91 Å². The first-order valence-electron chi connectivity index (χ1n) is 10.9. The van der Waals surface area contributed by atoms with E-state index in [1.807, 2.05) is 6.07 Å². The number of hydrogen-bond donors (Lipinski definition) is 2. The monoisotopic (exact) mass is 380 g/mol. The Morgan fingerprint density at radius 3 is 2.71 bits per heavy atom. The molecule has 2 aliphatic rings. The summed E-state index contributed by atoms with van der Waals surface area (Å²) in [6, 6.07) is 13.4. The van der Waals surface area contributed by atoms with E-state index in [2.05, 4.69) is 50.7 Å². The lowest BCUT2D eigenvalue weighted by Gasteiger charge is -2.35. The number of carbonyl (C=O) groups excluding carboxylic acids is 1. The third-order valence-electron chi connectivity index (χ3n) is 6.25. The highest BCUT2D eigenvalue weighted by Gasteiger charge is 2.26. The zero-order valence-electron chi connectivity index (χ0n) is 16.7. The van der Waals surface area contributed by atoms with Gasteiger partial charge in [-0.25, -0.2) is 0 Å². The maximum absolute atomic E-state index is 12.5. The minimum absolute atomic E-state index is 0.0270. The minimum atomic E-state index is -0.0270. The number of nitrogens with one attached hydrogen (secondary N) is 2. The minimum Gasteiger partial charge on any atom is -0.348 e. The second-order valence-electron chi connectivity index (χ2n) is 8.30. The van der Waals surface area contributed by atoms with Gasteiger partial charge in [-0.2, -0.15) is 5.10 Å². The number of piperidine rings is 1. The Balaban J connectivity index is 1.34. The van der Waals surface area contributed by atoms with Gasteiger partial charge in [-0.15, -0.1) is 0 Å². The molecule has 150 valence electrons. The zero-order valence-corrected chi connectivity index (χ0v) is 16.7. The standard InChI is InChI=1S/C23H32N4O/c28-23(24-19-12-4-5-13-19)21-17-20(25-26-21)22-14-6-7-15-27(22)16-8-11-18-9-2-1-3-10-18/h1-3,9-10,17,19,22H,4-8,11-16H2,(H,24,28)(H,25,26)/t22-/m1/s1. The molecule has 0 spiro atoms. The van der Waals surface area contributed by atoms with Crippen molar-refractivity contribution in [3.8, 4) is 0 Å². The number of hydrogen-bond acceptors (Lipinski definition) is 3. The van der Waals surface area contributed by atoms with Gasteiger partial charge in [0.2, 0.25) is 0 Å². The van der Waals surface area contributed by atoms with E-state index in [4.69, 9.17) is 0 Å². The highest BCUT2D eigenvalue weighted by molar-refractivity contribution is 5.92. The molecule has 0 unspecified atom stereocenters. The summed E-state index contributed by atoms with van der Waals surface area (Å²) in [5.41, 5.74) is 3.04. The molecule has 2 N–H and O–H groups in total. The largest absolute Gasteiger partial charge is 0.348 e. The lowest BCUT2D eigenvalue weighted by Crippen LogP contribution is -2.34. The average molecular weight is 381 g/mol. The van der Waals surface area contributed by atoms with Crippen molar-refractivity contribution in [1.82, 2.24) is 20.4 Å². The lowest BCUT2D eigenvalue weighted by molar-refractivity contribution is 0.0932. The highest BCUT2D eigenvalue weighted by Crippen LogP contribution is 2.30. The van der Waals surface area contributed by atoms with E-state index in [9.17, 15) is 4.79 Å². The van der Waals surface area contributed by atoms with E-state index in [0.29, 0.717) is 17.8 Å². The number of benzene rings is 1. The van der Waals surface area contributed by atoms with Crippen molar-refractivity contribution < 1.29 is 4.79 Å². The third-order valence-corrected chi connectivity index (χ3v) is 6.25. The lowest BCUT2D eigenvalue weighted by atomic mass is 9.98. The van der Waals surface area contributed by atoms with E-state index < -0.39 is 0 Å². The predicted octanol–water partition coefficient (Wildman–Crippen LogP) is 4.24. The summed E-state index contributed by atoms with van der Waals surface area (Å²) >= 11 is 0. The van der Waals surface area contributed by atoms with Gasteiger partial charge >= 0.3 is 0 Å². The molecule has 28 heavy (non-hydrogen) atoms. The van der Waals surface area contributed by atoms with E-state index in [1.54, 1.807) is 0 Å². The topological polar surface area (TPSA) is 61.0 Å². The fraction of sp³-hybridized carbons (Fsp3) is 0.565. The van der Waals surface area contributed by atoms with Gasteiger partial charge in [0.1, 0.15) is 5.69 Å². The number of aromatic amines is 1. The van der Waals surface area contributed by atoms with Gasteiger partial charge in [0.05, 0.1) is 11.7 Å². The molecule has 1 aromatic carbocycles. The summed E-state index contributed by atoms with van der Waals surface area (Å²) in [6.45, 7) is 2.21. The first-order chi connectivity index (χ1) is 13.8. The summed E-state index contributed by atoms with van der Waals surface area (Å²) in [5, 5.41) is 10.6. The number of H-pyrrole nitrogens is 1. The Bertz CT molecular complexity index is 751. The smallest absolute Gasteiger partial charge is 0.271 e. The Hall–Kier alpha value is -2.14. The normalized spacial score (nSPS) is 21.1. The zero-order chi connectivity index (χ0) is 19.2. The van der Waals surface area contributed by atoms with Gasteiger partial charge in [0, 0.05) is 6.04 Å². The van der Waals surface area contributed by atoms with Crippen molar-refractivity contribution in [3.05, 3.63) is 53.3 Å². The number of amides is 1. The van der Waals surface area contributed by atoms with Gasteiger partial charge in [0.15, 0.2) is 0 Å². The van der Waals surface area contributed by atoms with Crippen LogP contribution in [0.4, 0.5) is 0 Å². The molecule has 4 rings (SSSR count). The summed E-state index contributed by atoms with van der Waals surface area (Å²) in [5.74, 6) is -0.0270. The van der Waals surface area contributed by atoms with E-state index in [0.717, 1.165) is 50.9 Å². The van der Waals surface area contributed by atoms with Crippen molar-refractivity contribution in [2.45, 2.75) is 69.9 Å². The quantitative estimate of drug-likeness (QED) is 0.755. The van der Waals surface area contributed by atoms with Crippen LogP contribution in [0.2, 0.25) is 0 Å². The van der Waals surface area contributed by atoms with Crippen LogP contribution in [-0.2, 0) is 6.42 Å². The first kappa shape index (κ1) is 19.2. The maximum atomic E-state index is 12.5. The van der Waals surface area contributed by atoms with E-state index in [1.165, 1.54) is 31.2 Å². The summed E-state index contributed by atoms with van der Waals surface area (Å²) in [6.07, 6.45) is 10.5. The number of carbonyl (C=O) groups is 1. The van der Waals surface area contributed by atoms with Crippen molar-refractivity contribution in [3.63, 3.8) is 0 Å². The molecule has 1 amide bonds. The van der Waals surface area contributed by atoms with Gasteiger partial charge in [-0.3, -0.25) is 14.8 Å². The molecular formula is C23H32N4O. The molecule has 0 bridgehead atoms. The molecule has 2 heterocycles. The van der Waals surface area contributed by atoms with Crippen LogP contribution in [0.5, 0.6) is 0 Å². The van der Waals surface area contributed by atoms with Crippen LogP contribution in [0.15, 0.2) is 36.4 Å². The summed E-state index contributed by atoms with van der Waals surface area (Å²) in [7, 11) is 0. The van der Waals surface area contributed by atoms with Crippen LogP contribution >= 0.6 is 0 Å². The Morgan fingerprint density at radius 2 is 1.89 bits per heavy atom. The Labute approximate surface area is 167 Å². The molecule has 2 aromatic rings. The molecule has 5 heteroatoms. The molecule has 1 atom stereocenters. The molecule has 5 nitrogen and oxygen atoms in total. The number of aryl methyl sites for hydroxylation is 1. The SMILES string of the molecule is O=C(NC1CCCC1)c1cc([C@H]2CCCCN2CCCc2ccccc2)[nH]n1. The number of nitrogens with zero attached hydrogens (tertiary/aromatic N) is 2. The molecule has 1 saturated carbocycles. The maximum Gasteiger partial charge on any atom is 0.271 e. The van der Waals surface area contributed by atoms with Crippen molar-refractivity contribution in [2.24, 2.45) is 0 Å². The number of rotatable bonds is 7. The predicted molar refractivity (Wildman–Crippen MR) is 111 cm³/mol. The molecule has 2 fully saturated rings. The van der Waals surface area contributed by atoms with Crippen LogP contribution in [0, 0.1) is 0 Å². The van der Waals surface area contributed by atoms with Gasteiger partial charge < -0.3 is 5.32 Å². The van der Waals surface area contributed by atoms with E-state index in [-0.39, 0.29) is 5.91 Å². The van der Waals surface area contributed by atoms with Crippen LogP contribution in [-0.4, -0.2) is 40.1 Å². The summed E-state index contributed by atoms with van der Waals surface area (Å²) < 4.78 is 0. The molecule has 0 radical (unpaired) electrons. The van der Waals surface area contributed by atoms with Gasteiger partial charge in [-0.05, 0) is 63.2 Å². The van der Waals surface area contributed by atoms with Crippen LogP contribution in [0.3, 0.4) is 0 Å². The summed E-state index contributed by atoms with van der Waals surface area (Å²) in [4.78, 5) is 15.1. The Morgan fingerprint density at radius 1 is 1.11 bits per heavy atom. The van der Waals surface area contributed by atoms with Crippen LogP contribution in [0.1, 0.15) is 79.2 Å². The fourth-order valence-electron chi connectivity index (χ4n) is 4.69. The Kier molecular flexibility index (Phi) is 6.42.